The molecule has 0 unspecified atom stereocenters. The Morgan fingerprint density at radius 1 is 1.32 bits per heavy atom. The highest BCUT2D eigenvalue weighted by Crippen LogP contribution is 2.48. The van der Waals surface area contributed by atoms with Gasteiger partial charge in [0.2, 0.25) is 0 Å². The van der Waals surface area contributed by atoms with Gasteiger partial charge in [-0.15, -0.1) is 4.98 Å². The predicted molar refractivity (Wildman–Crippen MR) is 107 cm³/mol. The van der Waals surface area contributed by atoms with Crippen LogP contribution in [-0.2, 0) is 4.79 Å². The summed E-state index contributed by atoms with van der Waals surface area (Å²) in [7, 11) is 1.40. The number of aromatic nitrogens is 1. The summed E-state index contributed by atoms with van der Waals surface area (Å²) in [6, 6.07) is 6.31. The molecule has 0 atom stereocenters. The highest BCUT2D eigenvalue weighted by atomic mass is 32.1. The zero-order valence-corrected chi connectivity index (χ0v) is 16.2. The normalized spacial score (nSPS) is 17.6. The quantitative estimate of drug-likeness (QED) is 0.576. The number of rotatable bonds is 3. The van der Waals surface area contributed by atoms with E-state index >= 15 is 0 Å². The summed E-state index contributed by atoms with van der Waals surface area (Å²) in [6.07, 6.45) is 3.66. The molecule has 1 aliphatic heterocycles. The first-order valence-corrected chi connectivity index (χ1v) is 9.20. The minimum absolute atomic E-state index is 0.134. The van der Waals surface area contributed by atoms with Gasteiger partial charge in [0, 0.05) is 11.8 Å². The number of carbonyl (C=O) groups is 1. The van der Waals surface area contributed by atoms with Crippen LogP contribution in [0.15, 0.2) is 30.5 Å². The van der Waals surface area contributed by atoms with E-state index in [1.807, 2.05) is 0 Å². The Labute approximate surface area is 167 Å². The van der Waals surface area contributed by atoms with E-state index < -0.39 is 11.4 Å². The lowest BCUT2D eigenvalue weighted by Gasteiger charge is -2.43. The summed E-state index contributed by atoms with van der Waals surface area (Å²) >= 11 is 5.65. The lowest BCUT2D eigenvalue weighted by molar-refractivity contribution is -0.123. The molecule has 142 valence electrons. The number of benzene rings is 1. The summed E-state index contributed by atoms with van der Waals surface area (Å²) in [6.45, 7) is 8.91. The average molecular weight is 396 g/mol. The van der Waals surface area contributed by atoms with E-state index in [4.69, 9.17) is 23.5 Å². The topological polar surface area (TPSA) is 50.0 Å². The van der Waals surface area contributed by atoms with Crippen molar-refractivity contribution in [2.75, 3.05) is 16.9 Å². The number of methoxy groups -OCH3 is 1. The summed E-state index contributed by atoms with van der Waals surface area (Å²) in [5, 5.41) is 0.283. The molecule has 2 aliphatic rings. The van der Waals surface area contributed by atoms with Gasteiger partial charge in [-0.3, -0.25) is 9.69 Å². The van der Waals surface area contributed by atoms with Crippen molar-refractivity contribution in [2.24, 2.45) is 0 Å². The van der Waals surface area contributed by atoms with Gasteiger partial charge in [-0.25, -0.2) is 4.39 Å². The second-order valence-corrected chi connectivity index (χ2v) is 7.27. The molecule has 2 aromatic rings. The lowest BCUT2D eigenvalue weighted by Crippen LogP contribution is -2.55. The molecule has 1 saturated heterocycles. The third kappa shape index (κ3) is 2.47. The van der Waals surface area contributed by atoms with Gasteiger partial charge >= 0.3 is 0 Å². The summed E-state index contributed by atoms with van der Waals surface area (Å²) in [4.78, 5) is 24.1. The van der Waals surface area contributed by atoms with Crippen molar-refractivity contribution in [2.45, 2.75) is 31.7 Å². The van der Waals surface area contributed by atoms with Crippen LogP contribution in [0.3, 0.4) is 0 Å². The largest absolute Gasteiger partial charge is 0.494 e. The van der Waals surface area contributed by atoms with Gasteiger partial charge in [0.25, 0.3) is 11.7 Å². The third-order valence-electron chi connectivity index (χ3n) is 5.39. The number of anilines is 2. The maximum atomic E-state index is 14.3. The Bertz CT molecular complexity index is 1040. The molecule has 8 heteroatoms. The molecular formula is C20H17FN4O2S. The molecule has 4 rings (SSSR count). The fourth-order valence-electron chi connectivity index (χ4n) is 3.79. The highest BCUT2D eigenvalue weighted by molar-refractivity contribution is 7.81. The molecule has 0 radical (unpaired) electrons. The van der Waals surface area contributed by atoms with Crippen LogP contribution in [0, 0.1) is 19.3 Å². The first kappa shape index (κ1) is 18.3. The molecule has 1 spiro atoms. The maximum absolute atomic E-state index is 14.3. The van der Waals surface area contributed by atoms with E-state index in [1.54, 1.807) is 24.0 Å². The van der Waals surface area contributed by atoms with E-state index in [0.717, 1.165) is 6.42 Å². The van der Waals surface area contributed by atoms with Gasteiger partial charge in [-0.1, -0.05) is 6.57 Å². The van der Waals surface area contributed by atoms with Crippen LogP contribution in [0.4, 0.5) is 21.6 Å². The summed E-state index contributed by atoms with van der Waals surface area (Å²) in [5.74, 6) is -0.234. The van der Waals surface area contributed by atoms with Crippen molar-refractivity contribution in [3.05, 3.63) is 53.3 Å². The van der Waals surface area contributed by atoms with Gasteiger partial charge in [0.15, 0.2) is 16.7 Å². The molecule has 1 amide bonds. The Morgan fingerprint density at radius 3 is 2.61 bits per heavy atom. The van der Waals surface area contributed by atoms with E-state index in [-0.39, 0.29) is 22.6 Å². The van der Waals surface area contributed by atoms with Crippen molar-refractivity contribution in [3.8, 4) is 5.75 Å². The monoisotopic (exact) mass is 396 g/mol. The van der Waals surface area contributed by atoms with Crippen molar-refractivity contribution in [1.29, 1.82) is 0 Å². The second kappa shape index (κ2) is 6.53. The average Bonchev–Trinajstić information content (AvgIpc) is 2.88. The van der Waals surface area contributed by atoms with Crippen molar-refractivity contribution in [3.63, 3.8) is 0 Å². The van der Waals surface area contributed by atoms with E-state index in [0.29, 0.717) is 29.8 Å². The predicted octanol–water partition coefficient (Wildman–Crippen LogP) is 4.15. The Kier molecular flexibility index (Phi) is 4.27. The highest BCUT2D eigenvalue weighted by Gasteiger charge is 2.59. The van der Waals surface area contributed by atoms with Gasteiger partial charge in [-0.05, 0) is 62.2 Å². The molecule has 28 heavy (non-hydrogen) atoms. The lowest BCUT2D eigenvalue weighted by atomic mass is 9.75. The number of halogens is 1. The van der Waals surface area contributed by atoms with E-state index in [2.05, 4.69) is 9.83 Å². The third-order valence-corrected chi connectivity index (χ3v) is 5.75. The molecule has 0 bridgehead atoms. The van der Waals surface area contributed by atoms with Crippen LogP contribution in [0.25, 0.3) is 4.85 Å². The zero-order chi connectivity index (χ0) is 20.1. The minimum atomic E-state index is -0.801. The van der Waals surface area contributed by atoms with Crippen molar-refractivity contribution in [1.82, 2.24) is 4.98 Å². The van der Waals surface area contributed by atoms with Gasteiger partial charge in [0.05, 0.1) is 12.8 Å². The standard InChI is InChI=1S/C20H17FN4O2S/c1-12-9-14(11-23-17(12)22-2)24-18(26)20(7-4-8-20)25(19(24)28)13-5-6-16(27-3)15(21)10-13/h5-6,9-11H,4,7-8H2,1,3H3. The maximum Gasteiger partial charge on any atom is 0.272 e. The Morgan fingerprint density at radius 2 is 2.07 bits per heavy atom. The van der Waals surface area contributed by atoms with Crippen LogP contribution in [0.1, 0.15) is 24.8 Å². The smallest absolute Gasteiger partial charge is 0.272 e. The van der Waals surface area contributed by atoms with E-state index in [9.17, 15) is 9.18 Å². The van der Waals surface area contributed by atoms with Crippen molar-refractivity contribution < 1.29 is 13.9 Å². The van der Waals surface area contributed by atoms with Crippen LogP contribution in [0.2, 0.25) is 0 Å². The minimum Gasteiger partial charge on any atom is -0.494 e. The molecular weight excluding hydrogens is 379 g/mol. The summed E-state index contributed by atoms with van der Waals surface area (Å²) in [5.41, 5.74) is 0.897. The molecule has 1 aliphatic carbocycles. The fraction of sp³-hybridized carbons (Fsp3) is 0.300. The number of carbonyl (C=O) groups excluding carboxylic acids is 1. The Hall–Kier alpha value is -3.05. The molecule has 1 aromatic heterocycles. The SMILES string of the molecule is [C-]#[N+]c1ncc(N2C(=O)C3(CCC3)N(c3ccc(OC)c(F)c3)C2=S)cc1C. The van der Waals surface area contributed by atoms with Crippen LogP contribution < -0.4 is 14.5 Å². The number of thiocarbonyl (C=S) groups is 1. The molecule has 6 nitrogen and oxygen atoms in total. The molecule has 2 fully saturated rings. The molecule has 2 heterocycles. The zero-order valence-electron chi connectivity index (χ0n) is 15.4. The van der Waals surface area contributed by atoms with Crippen LogP contribution in [-0.4, -0.2) is 28.7 Å². The molecule has 1 aromatic carbocycles. The number of hydrogen-bond acceptors (Lipinski definition) is 4. The number of nitrogens with zero attached hydrogens (tertiary/aromatic N) is 4. The number of pyridine rings is 1. The Balaban J connectivity index is 1.79. The van der Waals surface area contributed by atoms with Crippen LogP contribution >= 0.6 is 12.2 Å². The van der Waals surface area contributed by atoms with Crippen molar-refractivity contribution >= 4 is 40.4 Å². The number of aryl methyl sites for hydroxylation is 1. The van der Waals surface area contributed by atoms with Gasteiger partial charge in [-0.2, -0.15) is 0 Å². The molecule has 0 N–H and O–H groups in total. The number of hydrogen-bond donors (Lipinski definition) is 0. The first-order valence-electron chi connectivity index (χ1n) is 8.79. The number of amides is 1. The van der Waals surface area contributed by atoms with Gasteiger partial charge in [0.1, 0.15) is 11.7 Å². The van der Waals surface area contributed by atoms with Crippen LogP contribution in [0.5, 0.6) is 5.75 Å². The fourth-order valence-corrected chi connectivity index (χ4v) is 4.26. The molecule has 1 saturated carbocycles. The second-order valence-electron chi connectivity index (χ2n) is 6.91. The number of ether oxygens (including phenoxy) is 1. The first-order chi connectivity index (χ1) is 13.4. The van der Waals surface area contributed by atoms with E-state index in [1.165, 1.54) is 30.3 Å². The summed E-state index contributed by atoms with van der Waals surface area (Å²) < 4.78 is 19.3. The van der Waals surface area contributed by atoms with Gasteiger partial charge < -0.3 is 14.5 Å².